The molecule has 0 radical (unpaired) electrons. The number of rotatable bonds is 9. The van der Waals surface area contributed by atoms with Crippen molar-refractivity contribution in [3.8, 4) is 5.75 Å². The van der Waals surface area contributed by atoms with E-state index in [1.54, 1.807) is 60.4 Å². The van der Waals surface area contributed by atoms with Crippen LogP contribution in [0.4, 0.5) is 5.69 Å². The van der Waals surface area contributed by atoms with Gasteiger partial charge in [-0.1, -0.05) is 55.5 Å². The Labute approximate surface area is 278 Å². The zero-order valence-electron chi connectivity index (χ0n) is 27.7. The second kappa shape index (κ2) is 16.9. The molecule has 1 heterocycles. The number of aliphatic hydroxyl groups is 1. The molecule has 1 aliphatic rings. The molecule has 0 fully saturated rings. The van der Waals surface area contributed by atoms with Crippen LogP contribution in [0.15, 0.2) is 83.8 Å². The molecule has 0 saturated heterocycles. The van der Waals surface area contributed by atoms with E-state index in [1.165, 1.54) is 11.4 Å². The van der Waals surface area contributed by atoms with E-state index in [1.807, 2.05) is 44.2 Å². The molecule has 10 nitrogen and oxygen atoms in total. The van der Waals surface area contributed by atoms with Crippen molar-refractivity contribution in [3.05, 3.63) is 90.0 Å². The summed E-state index contributed by atoms with van der Waals surface area (Å²) in [5.41, 5.74) is 1.58. The summed E-state index contributed by atoms with van der Waals surface area (Å²) in [6, 6.07) is 22.1. The fourth-order valence-corrected chi connectivity index (χ4v) is 6.78. The van der Waals surface area contributed by atoms with Crippen molar-refractivity contribution in [2.75, 3.05) is 38.7 Å². The first-order chi connectivity index (χ1) is 22.5. The third-order valence-electron chi connectivity index (χ3n) is 8.43. The number of aliphatic hydroxyl groups excluding tert-OH is 1. The average Bonchev–Trinajstić information content (AvgIpc) is 3.06. The first-order valence-electron chi connectivity index (χ1n) is 16.2. The van der Waals surface area contributed by atoms with E-state index in [2.05, 4.69) is 5.32 Å². The third kappa shape index (κ3) is 9.87. The van der Waals surface area contributed by atoms with Crippen LogP contribution in [-0.4, -0.2) is 86.1 Å². The number of nitrogens with zero attached hydrogens (tertiary/aromatic N) is 2. The minimum Gasteiger partial charge on any atom is -0.490 e. The van der Waals surface area contributed by atoms with Crippen LogP contribution < -0.4 is 10.1 Å². The van der Waals surface area contributed by atoms with E-state index in [0.717, 1.165) is 18.4 Å². The molecule has 2 amide bonds. The number of likely N-dealkylation sites (N-methyl/N-ethyl adjacent to an activating group) is 1. The summed E-state index contributed by atoms with van der Waals surface area (Å²) in [4.78, 5) is 29.0. The van der Waals surface area contributed by atoms with Crippen LogP contribution in [0.1, 0.15) is 56.0 Å². The highest BCUT2D eigenvalue weighted by Gasteiger charge is 2.32. The first-order valence-corrected chi connectivity index (χ1v) is 17.6. The van der Waals surface area contributed by atoms with Crippen LogP contribution in [0, 0.1) is 5.92 Å². The van der Waals surface area contributed by atoms with Gasteiger partial charge in [0.15, 0.2) is 0 Å². The van der Waals surface area contributed by atoms with Gasteiger partial charge >= 0.3 is 0 Å². The number of sulfonamides is 1. The number of carbonyl (C=O) groups is 2. The highest BCUT2D eigenvalue weighted by Crippen LogP contribution is 2.29. The molecule has 4 rings (SSSR count). The maximum Gasteiger partial charge on any atom is 0.258 e. The van der Waals surface area contributed by atoms with Gasteiger partial charge in [-0.2, -0.15) is 4.31 Å². The van der Waals surface area contributed by atoms with E-state index < -0.39 is 22.2 Å². The number of anilines is 1. The maximum atomic E-state index is 14.3. The molecule has 4 atom stereocenters. The van der Waals surface area contributed by atoms with Gasteiger partial charge in [0.2, 0.25) is 15.9 Å². The Kier molecular flexibility index (Phi) is 12.9. The molecule has 0 aliphatic carbocycles. The van der Waals surface area contributed by atoms with E-state index in [4.69, 9.17) is 9.47 Å². The summed E-state index contributed by atoms with van der Waals surface area (Å²) in [5, 5.41) is 13.1. The summed E-state index contributed by atoms with van der Waals surface area (Å²) in [6.45, 7) is 6.03. The van der Waals surface area contributed by atoms with Crippen molar-refractivity contribution in [3.63, 3.8) is 0 Å². The molecule has 2 N–H and O–H groups in total. The van der Waals surface area contributed by atoms with Crippen LogP contribution in [0.25, 0.3) is 0 Å². The lowest BCUT2D eigenvalue weighted by Gasteiger charge is -2.35. The molecule has 11 heteroatoms. The molecule has 0 bridgehead atoms. The fraction of sp³-hybridized carbons (Fsp3) is 0.444. The van der Waals surface area contributed by atoms with Crippen LogP contribution >= 0.6 is 0 Å². The number of ether oxygens (including phenoxy) is 2. The van der Waals surface area contributed by atoms with Crippen molar-refractivity contribution in [2.24, 2.45) is 5.92 Å². The summed E-state index contributed by atoms with van der Waals surface area (Å²) < 4.78 is 40.6. The van der Waals surface area contributed by atoms with E-state index in [0.29, 0.717) is 24.5 Å². The largest absolute Gasteiger partial charge is 0.490 e. The summed E-state index contributed by atoms with van der Waals surface area (Å²) in [5.74, 6) is -0.505. The number of benzene rings is 3. The Morgan fingerprint density at radius 3 is 2.40 bits per heavy atom. The highest BCUT2D eigenvalue weighted by atomic mass is 32.2. The second-order valence-corrected chi connectivity index (χ2v) is 14.4. The molecule has 3 aromatic rings. The molecule has 1 aliphatic heterocycles. The average molecular weight is 666 g/mol. The zero-order chi connectivity index (χ0) is 34.0. The lowest BCUT2D eigenvalue weighted by atomic mass is 10.0. The highest BCUT2D eigenvalue weighted by molar-refractivity contribution is 7.89. The lowest BCUT2D eigenvalue weighted by molar-refractivity contribution is -0.115. The fourth-order valence-electron chi connectivity index (χ4n) is 5.57. The molecule has 254 valence electrons. The van der Waals surface area contributed by atoms with Crippen LogP contribution in [-0.2, 0) is 26.0 Å². The smallest absolute Gasteiger partial charge is 0.258 e. The Morgan fingerprint density at radius 1 is 1.04 bits per heavy atom. The minimum atomic E-state index is -3.77. The SMILES string of the molecule is C[C@@H]1CCCCO[C@H](CN(C)S(=O)(=O)c2ccccc2)[C@H](C)CN([C@H](C)CO)C(=O)c2cc(NC(=O)Cc3ccccc3)ccc2O1. The third-order valence-corrected chi connectivity index (χ3v) is 10.3. The van der Waals surface area contributed by atoms with Crippen molar-refractivity contribution in [1.29, 1.82) is 0 Å². The van der Waals surface area contributed by atoms with Crippen LogP contribution in [0.5, 0.6) is 5.75 Å². The molecular formula is C36H47N3O7S. The van der Waals surface area contributed by atoms with Gasteiger partial charge in [-0.25, -0.2) is 8.42 Å². The Morgan fingerprint density at radius 2 is 1.72 bits per heavy atom. The standard InChI is InChI=1S/C36H47N3O7S/c1-26-23-39(27(2)25-40)36(42)32-22-30(37-35(41)21-29-14-7-5-8-15-29)18-19-33(32)46-28(3)13-11-12-20-45-34(26)24-38(4)47(43,44)31-16-9-6-10-17-31/h5-10,14-19,22,26-28,34,40H,11-13,20-21,23-25H2,1-4H3,(H,37,41)/t26-,27-,28-,34-/m1/s1. The number of fused-ring (bicyclic) bond motifs is 1. The van der Waals surface area contributed by atoms with Gasteiger partial charge in [0.1, 0.15) is 5.75 Å². The number of amides is 2. The van der Waals surface area contributed by atoms with Gasteiger partial charge < -0.3 is 24.8 Å². The number of nitrogens with one attached hydrogen (secondary N) is 1. The number of carbonyl (C=O) groups excluding carboxylic acids is 2. The monoisotopic (exact) mass is 665 g/mol. The molecule has 3 aromatic carbocycles. The minimum absolute atomic E-state index is 0.0849. The van der Waals surface area contributed by atoms with Gasteiger partial charge in [-0.3, -0.25) is 9.59 Å². The van der Waals surface area contributed by atoms with Gasteiger partial charge in [0, 0.05) is 38.3 Å². The molecule has 0 aromatic heterocycles. The predicted octanol–water partition coefficient (Wildman–Crippen LogP) is 4.98. The Hall–Kier alpha value is -3.77. The molecule has 0 saturated carbocycles. The first kappa shape index (κ1) is 36.1. The molecular weight excluding hydrogens is 618 g/mol. The van der Waals surface area contributed by atoms with E-state index in [-0.39, 0.29) is 60.4 Å². The van der Waals surface area contributed by atoms with Gasteiger partial charge in [0.05, 0.1) is 41.7 Å². The van der Waals surface area contributed by atoms with Gasteiger partial charge in [0.25, 0.3) is 5.91 Å². The topological polar surface area (TPSA) is 125 Å². The normalized spacial score (nSPS) is 20.5. The molecule has 0 spiro atoms. The lowest BCUT2D eigenvalue weighted by Crippen LogP contribution is -2.48. The molecule has 0 unspecified atom stereocenters. The second-order valence-electron chi connectivity index (χ2n) is 12.3. The summed E-state index contributed by atoms with van der Waals surface area (Å²) >= 11 is 0. The van der Waals surface area contributed by atoms with E-state index >= 15 is 0 Å². The summed E-state index contributed by atoms with van der Waals surface area (Å²) in [7, 11) is -2.23. The van der Waals surface area contributed by atoms with Crippen molar-refractivity contribution >= 4 is 27.5 Å². The zero-order valence-corrected chi connectivity index (χ0v) is 28.5. The number of hydrogen-bond acceptors (Lipinski definition) is 7. The van der Waals surface area contributed by atoms with Crippen LogP contribution in [0.2, 0.25) is 0 Å². The Balaban J connectivity index is 1.63. The predicted molar refractivity (Wildman–Crippen MR) is 182 cm³/mol. The summed E-state index contributed by atoms with van der Waals surface area (Å²) in [6.07, 6.45) is 1.72. The van der Waals surface area contributed by atoms with Crippen molar-refractivity contribution in [2.45, 2.75) is 69.6 Å². The quantitative estimate of drug-likeness (QED) is 0.330. The van der Waals surface area contributed by atoms with Gasteiger partial charge in [-0.05, 0) is 69.0 Å². The van der Waals surface area contributed by atoms with Crippen molar-refractivity contribution < 1.29 is 32.6 Å². The van der Waals surface area contributed by atoms with Crippen LogP contribution in [0.3, 0.4) is 0 Å². The maximum absolute atomic E-state index is 14.3. The number of hydrogen-bond donors (Lipinski definition) is 2. The Bertz CT molecular complexity index is 1570. The van der Waals surface area contributed by atoms with Gasteiger partial charge in [-0.15, -0.1) is 0 Å². The van der Waals surface area contributed by atoms with E-state index in [9.17, 15) is 23.1 Å². The molecule has 47 heavy (non-hydrogen) atoms. The van der Waals surface area contributed by atoms with Crippen molar-refractivity contribution in [1.82, 2.24) is 9.21 Å².